The zero-order valence-electron chi connectivity index (χ0n) is 18.3. The van der Waals surface area contributed by atoms with Crippen molar-refractivity contribution < 1.29 is 23.9 Å². The van der Waals surface area contributed by atoms with Crippen molar-refractivity contribution in [3.63, 3.8) is 0 Å². The Morgan fingerprint density at radius 2 is 1.50 bits per heavy atom. The van der Waals surface area contributed by atoms with E-state index in [0.717, 1.165) is 0 Å². The molecule has 2 amide bonds. The molecule has 0 heterocycles. The highest BCUT2D eigenvalue weighted by Crippen LogP contribution is 2.15. The molecular formula is C25H22ClN3O5. The van der Waals surface area contributed by atoms with E-state index in [1.165, 1.54) is 6.21 Å². The zero-order chi connectivity index (χ0) is 24.3. The molecule has 34 heavy (non-hydrogen) atoms. The Hall–Kier alpha value is -4.17. The van der Waals surface area contributed by atoms with Crippen LogP contribution in [0.15, 0.2) is 77.9 Å². The number of benzene rings is 3. The molecule has 8 nitrogen and oxygen atoms in total. The van der Waals surface area contributed by atoms with Gasteiger partial charge in [-0.1, -0.05) is 11.6 Å². The minimum Gasteiger partial charge on any atom is -0.494 e. The molecule has 0 saturated carbocycles. The van der Waals surface area contributed by atoms with Crippen molar-refractivity contribution in [2.24, 2.45) is 5.10 Å². The van der Waals surface area contributed by atoms with Gasteiger partial charge in [-0.15, -0.1) is 0 Å². The Labute approximate surface area is 201 Å². The molecule has 174 valence electrons. The predicted octanol–water partition coefficient (Wildman–Crippen LogP) is 3.84. The molecule has 2 N–H and O–H groups in total. The van der Waals surface area contributed by atoms with Gasteiger partial charge < -0.3 is 14.8 Å². The Morgan fingerprint density at radius 1 is 0.882 bits per heavy atom. The lowest BCUT2D eigenvalue weighted by atomic mass is 10.2. The van der Waals surface area contributed by atoms with E-state index in [-0.39, 0.29) is 12.5 Å². The van der Waals surface area contributed by atoms with E-state index in [9.17, 15) is 14.4 Å². The van der Waals surface area contributed by atoms with Crippen LogP contribution < -0.4 is 20.2 Å². The summed E-state index contributed by atoms with van der Waals surface area (Å²) in [5.41, 5.74) is 3.80. The van der Waals surface area contributed by atoms with Crippen LogP contribution in [0.2, 0.25) is 5.02 Å². The Balaban J connectivity index is 1.42. The molecule has 3 rings (SSSR count). The average Bonchev–Trinajstić information content (AvgIpc) is 2.84. The van der Waals surface area contributed by atoms with E-state index in [1.807, 2.05) is 6.92 Å². The number of carbonyl (C=O) groups excluding carboxylic acids is 3. The third-order valence-electron chi connectivity index (χ3n) is 4.41. The first kappa shape index (κ1) is 24.5. The molecule has 0 unspecified atom stereocenters. The Bertz CT molecular complexity index is 1160. The molecule has 0 bridgehead atoms. The van der Waals surface area contributed by atoms with Crippen LogP contribution in [0.3, 0.4) is 0 Å². The number of nitrogens with zero attached hydrogens (tertiary/aromatic N) is 1. The number of amides is 2. The maximum Gasteiger partial charge on any atom is 0.343 e. The van der Waals surface area contributed by atoms with Gasteiger partial charge in [0.1, 0.15) is 11.5 Å². The van der Waals surface area contributed by atoms with Gasteiger partial charge in [-0.2, -0.15) is 5.10 Å². The number of esters is 1. The molecule has 0 aromatic heterocycles. The van der Waals surface area contributed by atoms with Crippen molar-refractivity contribution in [2.45, 2.75) is 6.92 Å². The van der Waals surface area contributed by atoms with Gasteiger partial charge in [-0.05, 0) is 85.3 Å². The monoisotopic (exact) mass is 479 g/mol. The second-order valence-electron chi connectivity index (χ2n) is 6.90. The summed E-state index contributed by atoms with van der Waals surface area (Å²) in [5.74, 6) is -0.343. The minimum atomic E-state index is -0.502. The molecular weight excluding hydrogens is 458 g/mol. The minimum absolute atomic E-state index is 0.233. The largest absolute Gasteiger partial charge is 0.494 e. The van der Waals surface area contributed by atoms with Gasteiger partial charge >= 0.3 is 5.97 Å². The third-order valence-corrected chi connectivity index (χ3v) is 4.66. The predicted molar refractivity (Wildman–Crippen MR) is 129 cm³/mol. The fraction of sp³-hybridized carbons (Fsp3) is 0.120. The first-order valence-electron chi connectivity index (χ1n) is 10.4. The number of ether oxygens (including phenoxy) is 2. The van der Waals surface area contributed by atoms with Gasteiger partial charge in [0, 0.05) is 10.6 Å². The quantitative estimate of drug-likeness (QED) is 0.210. The maximum atomic E-state index is 12.1. The van der Waals surface area contributed by atoms with E-state index >= 15 is 0 Å². The van der Waals surface area contributed by atoms with Crippen molar-refractivity contribution in [3.05, 3.63) is 94.5 Å². The second kappa shape index (κ2) is 12.2. The summed E-state index contributed by atoms with van der Waals surface area (Å²) in [4.78, 5) is 36.2. The number of hydrazone groups is 1. The fourth-order valence-corrected chi connectivity index (χ4v) is 2.85. The van der Waals surface area contributed by atoms with Gasteiger partial charge in [0.15, 0.2) is 0 Å². The van der Waals surface area contributed by atoms with E-state index in [2.05, 4.69) is 15.8 Å². The van der Waals surface area contributed by atoms with Crippen LogP contribution >= 0.6 is 11.6 Å². The lowest BCUT2D eigenvalue weighted by Crippen LogP contribution is -2.34. The number of carbonyl (C=O) groups is 3. The molecule has 0 aliphatic carbocycles. The summed E-state index contributed by atoms with van der Waals surface area (Å²) in [7, 11) is 0. The number of hydrogen-bond donors (Lipinski definition) is 2. The maximum absolute atomic E-state index is 12.1. The van der Waals surface area contributed by atoms with Crippen LogP contribution in [0.25, 0.3) is 0 Å². The van der Waals surface area contributed by atoms with E-state index in [1.54, 1.807) is 72.8 Å². The first-order chi connectivity index (χ1) is 16.4. The standard InChI is InChI=1S/C25H22ClN3O5/c1-2-33-21-13-7-18(8-14-21)24(31)27-16-23(30)29-28-15-17-3-11-22(12-4-17)34-25(32)19-5-9-20(26)10-6-19/h3-15H,2,16H2,1H3,(H,27,31)(H,29,30)/b28-15+. The lowest BCUT2D eigenvalue weighted by molar-refractivity contribution is -0.120. The van der Waals surface area contributed by atoms with Crippen molar-refractivity contribution in [2.75, 3.05) is 13.2 Å². The van der Waals surface area contributed by atoms with Crippen LogP contribution in [0.5, 0.6) is 11.5 Å². The van der Waals surface area contributed by atoms with Crippen LogP contribution in [0.4, 0.5) is 0 Å². The number of halogens is 1. The molecule has 3 aromatic carbocycles. The van der Waals surface area contributed by atoms with Gasteiger partial charge in [-0.25, -0.2) is 10.2 Å². The Kier molecular flexibility index (Phi) is 8.76. The molecule has 0 spiro atoms. The lowest BCUT2D eigenvalue weighted by Gasteiger charge is -2.06. The van der Waals surface area contributed by atoms with Crippen molar-refractivity contribution in [1.82, 2.24) is 10.7 Å². The number of nitrogens with one attached hydrogen (secondary N) is 2. The molecule has 0 aliphatic rings. The summed E-state index contributed by atoms with van der Waals surface area (Å²) in [5, 5.41) is 6.91. The zero-order valence-corrected chi connectivity index (χ0v) is 19.0. The van der Waals surface area contributed by atoms with Gasteiger partial charge in [0.25, 0.3) is 11.8 Å². The van der Waals surface area contributed by atoms with Gasteiger partial charge in [-0.3, -0.25) is 9.59 Å². The third kappa shape index (κ3) is 7.46. The van der Waals surface area contributed by atoms with Gasteiger partial charge in [0.2, 0.25) is 0 Å². The smallest absolute Gasteiger partial charge is 0.343 e. The fourth-order valence-electron chi connectivity index (χ4n) is 2.72. The molecule has 0 fully saturated rings. The number of hydrogen-bond acceptors (Lipinski definition) is 6. The Morgan fingerprint density at radius 3 is 2.15 bits per heavy atom. The molecule has 0 aliphatic heterocycles. The topological polar surface area (TPSA) is 106 Å². The normalized spacial score (nSPS) is 10.5. The molecule has 0 saturated heterocycles. The first-order valence-corrected chi connectivity index (χ1v) is 10.7. The van der Waals surface area contributed by atoms with Crippen LogP contribution in [-0.4, -0.2) is 37.1 Å². The highest BCUT2D eigenvalue weighted by Gasteiger charge is 2.09. The molecule has 0 radical (unpaired) electrons. The average molecular weight is 480 g/mol. The summed E-state index contributed by atoms with van der Waals surface area (Å²) < 4.78 is 10.6. The summed E-state index contributed by atoms with van der Waals surface area (Å²) in [6.45, 7) is 2.18. The second-order valence-corrected chi connectivity index (χ2v) is 7.34. The molecule has 9 heteroatoms. The van der Waals surface area contributed by atoms with Crippen LogP contribution in [-0.2, 0) is 4.79 Å². The summed E-state index contributed by atoms with van der Waals surface area (Å²) in [6, 6.07) is 19.5. The van der Waals surface area contributed by atoms with E-state index < -0.39 is 11.9 Å². The highest BCUT2D eigenvalue weighted by atomic mass is 35.5. The summed E-state index contributed by atoms with van der Waals surface area (Å²) in [6.07, 6.45) is 1.43. The van der Waals surface area contributed by atoms with Crippen LogP contribution in [0.1, 0.15) is 33.2 Å². The SMILES string of the molecule is CCOc1ccc(C(=O)NCC(=O)N/N=C/c2ccc(OC(=O)c3ccc(Cl)cc3)cc2)cc1. The summed E-state index contributed by atoms with van der Waals surface area (Å²) >= 11 is 5.81. The van der Waals surface area contributed by atoms with Crippen molar-refractivity contribution in [3.8, 4) is 11.5 Å². The van der Waals surface area contributed by atoms with Crippen molar-refractivity contribution >= 4 is 35.6 Å². The number of rotatable bonds is 9. The highest BCUT2D eigenvalue weighted by molar-refractivity contribution is 6.30. The van der Waals surface area contributed by atoms with Crippen molar-refractivity contribution in [1.29, 1.82) is 0 Å². The van der Waals surface area contributed by atoms with E-state index in [4.69, 9.17) is 21.1 Å². The van der Waals surface area contributed by atoms with Crippen LogP contribution in [0, 0.1) is 0 Å². The molecule has 0 atom stereocenters. The van der Waals surface area contributed by atoms with Gasteiger partial charge in [0.05, 0.1) is 24.9 Å². The molecule has 3 aromatic rings. The van der Waals surface area contributed by atoms with E-state index in [0.29, 0.717) is 39.8 Å².